The number of carbonyl (C=O) groups excluding carboxylic acids is 1. The zero-order chi connectivity index (χ0) is 19.8. The minimum Gasteiger partial charge on any atom is -0.455 e. The molecule has 0 spiro atoms. The molecule has 1 heterocycles. The molecule has 28 heavy (non-hydrogen) atoms. The minimum atomic E-state index is -1.13. The van der Waals surface area contributed by atoms with Crippen molar-refractivity contribution in [2.24, 2.45) is 0 Å². The van der Waals surface area contributed by atoms with Crippen LogP contribution in [0.25, 0.3) is 0 Å². The molecule has 0 saturated carbocycles. The molecule has 0 bridgehead atoms. The molecular weight excluding hydrogens is 394 g/mol. The van der Waals surface area contributed by atoms with Gasteiger partial charge in [0.2, 0.25) is 0 Å². The number of hydrogen-bond acceptors (Lipinski definition) is 3. The Bertz CT molecular complexity index is 922. The number of furan rings is 1. The number of nitrogens with one attached hydrogen (secondary N) is 1. The average Bonchev–Trinajstić information content (AvgIpc) is 3.16. The van der Waals surface area contributed by atoms with Gasteiger partial charge in [0, 0.05) is 28.1 Å². The van der Waals surface area contributed by atoms with Crippen LogP contribution in [0.5, 0.6) is 0 Å². The maximum absolute atomic E-state index is 12.3. The van der Waals surface area contributed by atoms with Crippen molar-refractivity contribution in [1.82, 2.24) is 5.32 Å². The Morgan fingerprint density at radius 3 is 2.43 bits per heavy atom. The van der Waals surface area contributed by atoms with Crippen molar-refractivity contribution in [2.75, 3.05) is 6.54 Å². The van der Waals surface area contributed by atoms with Gasteiger partial charge in [-0.2, -0.15) is 0 Å². The van der Waals surface area contributed by atoms with Gasteiger partial charge in [-0.3, -0.25) is 9.00 Å². The summed E-state index contributed by atoms with van der Waals surface area (Å²) in [4.78, 5) is 12.2. The molecule has 0 aliphatic rings. The van der Waals surface area contributed by atoms with Crippen LogP contribution in [0.1, 0.15) is 33.9 Å². The summed E-state index contributed by atoms with van der Waals surface area (Å²) in [5, 5.41) is 3.51. The van der Waals surface area contributed by atoms with Crippen molar-refractivity contribution < 1.29 is 13.4 Å². The number of amides is 1. The van der Waals surface area contributed by atoms with E-state index in [0.29, 0.717) is 23.1 Å². The lowest BCUT2D eigenvalue weighted by atomic mass is 10.1. The van der Waals surface area contributed by atoms with E-state index < -0.39 is 10.8 Å². The van der Waals surface area contributed by atoms with Gasteiger partial charge in [0.15, 0.2) is 5.76 Å². The Kier molecular flexibility index (Phi) is 7.46. The Balaban J connectivity index is 1.43. The average molecular weight is 416 g/mol. The van der Waals surface area contributed by atoms with Gasteiger partial charge in [-0.25, -0.2) is 0 Å². The number of aryl methyl sites for hydroxylation is 1. The molecule has 6 heteroatoms. The predicted molar refractivity (Wildman–Crippen MR) is 113 cm³/mol. The number of halogens is 1. The maximum Gasteiger partial charge on any atom is 0.286 e. The first-order valence-electron chi connectivity index (χ1n) is 9.10. The fourth-order valence-corrected chi connectivity index (χ4v) is 4.04. The van der Waals surface area contributed by atoms with Crippen LogP contribution in [0, 0.1) is 0 Å². The van der Waals surface area contributed by atoms with Gasteiger partial charge < -0.3 is 9.73 Å². The molecular formula is C22H22ClNO3S. The molecule has 1 N–H and O–H groups in total. The van der Waals surface area contributed by atoms with E-state index in [1.165, 1.54) is 5.56 Å². The fourth-order valence-electron chi connectivity index (χ4n) is 2.78. The molecule has 4 nitrogen and oxygen atoms in total. The van der Waals surface area contributed by atoms with Gasteiger partial charge in [0.05, 0.1) is 5.75 Å². The van der Waals surface area contributed by atoms with E-state index in [2.05, 4.69) is 17.4 Å². The first-order chi connectivity index (χ1) is 13.6. The molecule has 0 aliphatic carbocycles. The number of rotatable bonds is 9. The van der Waals surface area contributed by atoms with Gasteiger partial charge in [-0.15, -0.1) is 0 Å². The van der Waals surface area contributed by atoms with Crippen LogP contribution < -0.4 is 5.32 Å². The molecule has 3 aromatic rings. The molecule has 146 valence electrons. The molecule has 0 saturated heterocycles. The molecule has 1 aromatic heterocycles. The summed E-state index contributed by atoms with van der Waals surface area (Å²) in [6, 6.07) is 20.8. The lowest BCUT2D eigenvalue weighted by Crippen LogP contribution is -2.24. The second kappa shape index (κ2) is 10.2. The van der Waals surface area contributed by atoms with E-state index in [9.17, 15) is 9.00 Å². The van der Waals surface area contributed by atoms with Crippen molar-refractivity contribution >= 4 is 28.3 Å². The Morgan fingerprint density at radius 1 is 0.929 bits per heavy atom. The predicted octanol–water partition coefficient (Wildman–Crippen LogP) is 4.74. The zero-order valence-electron chi connectivity index (χ0n) is 15.4. The van der Waals surface area contributed by atoms with E-state index in [1.54, 1.807) is 24.3 Å². The van der Waals surface area contributed by atoms with Crippen molar-refractivity contribution in [1.29, 1.82) is 0 Å². The topological polar surface area (TPSA) is 59.3 Å². The van der Waals surface area contributed by atoms with Gasteiger partial charge in [-0.1, -0.05) is 54.1 Å². The third-order valence-electron chi connectivity index (χ3n) is 4.20. The normalized spacial score (nSPS) is 11.9. The highest BCUT2D eigenvalue weighted by Gasteiger charge is 2.13. The smallest absolute Gasteiger partial charge is 0.286 e. The summed E-state index contributed by atoms with van der Waals surface area (Å²) >= 11 is 5.86. The lowest BCUT2D eigenvalue weighted by Gasteiger charge is -2.04. The van der Waals surface area contributed by atoms with Crippen molar-refractivity contribution in [3.63, 3.8) is 0 Å². The molecule has 0 fully saturated rings. The number of hydrogen-bond donors (Lipinski definition) is 1. The summed E-state index contributed by atoms with van der Waals surface area (Å²) in [6.07, 6.45) is 1.77. The van der Waals surface area contributed by atoms with E-state index in [-0.39, 0.29) is 17.4 Å². The highest BCUT2D eigenvalue weighted by atomic mass is 35.5. The van der Waals surface area contributed by atoms with Crippen LogP contribution in [0.4, 0.5) is 0 Å². The van der Waals surface area contributed by atoms with E-state index >= 15 is 0 Å². The Morgan fingerprint density at radius 2 is 1.68 bits per heavy atom. The van der Waals surface area contributed by atoms with Crippen molar-refractivity contribution in [3.8, 4) is 0 Å². The van der Waals surface area contributed by atoms with Gasteiger partial charge in [0.1, 0.15) is 5.76 Å². The minimum absolute atomic E-state index is 0.247. The van der Waals surface area contributed by atoms with Crippen LogP contribution in [-0.2, 0) is 28.7 Å². The first-order valence-corrected chi connectivity index (χ1v) is 11.0. The molecule has 1 amide bonds. The Hall–Kier alpha value is -2.37. The van der Waals surface area contributed by atoms with E-state index in [0.717, 1.165) is 18.4 Å². The van der Waals surface area contributed by atoms with Gasteiger partial charge in [0.25, 0.3) is 5.91 Å². The largest absolute Gasteiger partial charge is 0.455 e. The Labute approximate surface area is 172 Å². The molecule has 3 rings (SSSR count). The molecule has 1 atom stereocenters. The highest BCUT2D eigenvalue weighted by Crippen LogP contribution is 2.15. The number of benzene rings is 2. The quantitative estimate of drug-likeness (QED) is 0.513. The monoisotopic (exact) mass is 415 g/mol. The van der Waals surface area contributed by atoms with E-state index in [4.69, 9.17) is 16.0 Å². The SMILES string of the molecule is O=C(NCCCc1ccccc1)c1ccc(C[S@](=O)Cc2ccc(Cl)cc2)o1. The van der Waals surface area contributed by atoms with Crippen LogP contribution >= 0.6 is 11.6 Å². The third-order valence-corrected chi connectivity index (χ3v) is 5.71. The lowest BCUT2D eigenvalue weighted by molar-refractivity contribution is 0.0924. The van der Waals surface area contributed by atoms with Crippen LogP contribution in [0.2, 0.25) is 5.02 Å². The molecule has 0 unspecified atom stereocenters. The summed E-state index contributed by atoms with van der Waals surface area (Å²) < 4.78 is 17.9. The van der Waals surface area contributed by atoms with E-state index in [1.807, 2.05) is 30.3 Å². The maximum atomic E-state index is 12.3. The molecule has 2 aromatic carbocycles. The van der Waals surface area contributed by atoms with Gasteiger partial charge in [-0.05, 0) is 48.2 Å². The first kappa shape index (κ1) is 20.4. The third kappa shape index (κ3) is 6.36. The molecule has 0 radical (unpaired) electrons. The zero-order valence-corrected chi connectivity index (χ0v) is 17.0. The van der Waals surface area contributed by atoms with Crippen LogP contribution in [0.3, 0.4) is 0 Å². The standard InChI is InChI=1S/C22H22ClNO3S/c23-19-10-8-18(9-11-19)15-28(26)16-20-12-13-21(27-20)22(25)24-14-4-7-17-5-2-1-3-6-17/h1-3,5-6,8-13H,4,7,14-16H2,(H,24,25)/t28-/m1/s1. The summed E-state index contributed by atoms with van der Waals surface area (Å²) in [5.41, 5.74) is 2.20. The van der Waals surface area contributed by atoms with Gasteiger partial charge >= 0.3 is 0 Å². The summed E-state index contributed by atoms with van der Waals surface area (Å²) in [6.45, 7) is 0.576. The van der Waals surface area contributed by atoms with Crippen molar-refractivity contribution in [3.05, 3.63) is 94.4 Å². The fraction of sp³-hybridized carbons (Fsp3) is 0.227. The second-order valence-electron chi connectivity index (χ2n) is 6.47. The summed E-state index contributed by atoms with van der Waals surface area (Å²) in [7, 11) is -1.13. The summed E-state index contributed by atoms with van der Waals surface area (Å²) in [5.74, 6) is 1.23. The number of carbonyl (C=O) groups is 1. The van der Waals surface area contributed by atoms with Crippen LogP contribution in [0.15, 0.2) is 71.1 Å². The van der Waals surface area contributed by atoms with Crippen molar-refractivity contribution in [2.45, 2.75) is 24.3 Å². The highest BCUT2D eigenvalue weighted by molar-refractivity contribution is 7.83. The molecule has 0 aliphatic heterocycles. The second-order valence-corrected chi connectivity index (χ2v) is 8.36. The van der Waals surface area contributed by atoms with Crippen LogP contribution in [-0.4, -0.2) is 16.7 Å².